The topological polar surface area (TPSA) is 77.8 Å². The van der Waals surface area contributed by atoms with Gasteiger partial charge in [0.1, 0.15) is 0 Å². The molecule has 0 bridgehead atoms. The Morgan fingerprint density at radius 1 is 0.737 bits per heavy atom. The minimum Gasteiger partial charge on any atom is -0.356 e. The molecule has 0 aliphatic rings. The zero-order valence-corrected chi connectivity index (χ0v) is 9.94. The highest BCUT2D eigenvalue weighted by Crippen LogP contribution is 2.18. The van der Waals surface area contributed by atoms with Crippen LogP contribution in [-0.4, -0.2) is 10.2 Å². The van der Waals surface area contributed by atoms with Crippen molar-refractivity contribution in [1.29, 1.82) is 0 Å². The van der Waals surface area contributed by atoms with E-state index in [9.17, 15) is 9.59 Å². The van der Waals surface area contributed by atoms with E-state index in [4.69, 9.17) is 0 Å². The molecular weight excluding hydrogens is 242 g/mol. The largest absolute Gasteiger partial charge is 0.356 e. The second-order valence-electron chi connectivity index (χ2n) is 4.16. The fraction of sp³-hybridized carbons (Fsp3) is 0. The van der Waals surface area contributed by atoms with Gasteiger partial charge in [0.15, 0.2) is 0 Å². The van der Waals surface area contributed by atoms with Crippen molar-refractivity contribution >= 4 is 22.1 Å². The number of hydrogen-bond donors (Lipinski definition) is 3. The number of hydrogen-bond acceptors (Lipinski definition) is 3. The molecule has 5 nitrogen and oxygen atoms in total. The molecule has 0 fully saturated rings. The molecule has 0 radical (unpaired) electrons. The maximum Gasteiger partial charge on any atom is 0.270 e. The first kappa shape index (κ1) is 11.3. The van der Waals surface area contributed by atoms with Gasteiger partial charge in [-0.3, -0.25) is 19.8 Å². The van der Waals surface area contributed by atoms with Crippen molar-refractivity contribution in [1.82, 2.24) is 10.2 Å². The van der Waals surface area contributed by atoms with E-state index in [0.717, 1.165) is 11.4 Å². The van der Waals surface area contributed by atoms with Crippen LogP contribution in [0.3, 0.4) is 0 Å². The van der Waals surface area contributed by atoms with E-state index in [-0.39, 0.29) is 11.1 Å². The van der Waals surface area contributed by atoms with Crippen LogP contribution in [0.2, 0.25) is 0 Å². The Labute approximate surface area is 107 Å². The van der Waals surface area contributed by atoms with Crippen molar-refractivity contribution in [3.8, 4) is 0 Å². The van der Waals surface area contributed by atoms with Gasteiger partial charge < -0.3 is 5.32 Å². The van der Waals surface area contributed by atoms with E-state index in [1.807, 2.05) is 30.3 Å². The minimum absolute atomic E-state index is 0.305. The molecule has 3 aromatic rings. The molecule has 0 saturated heterocycles. The normalized spacial score (nSPS) is 10.5. The van der Waals surface area contributed by atoms with Gasteiger partial charge >= 0.3 is 0 Å². The van der Waals surface area contributed by atoms with Gasteiger partial charge in [-0.1, -0.05) is 18.2 Å². The Bertz CT molecular complexity index is 834. The molecule has 0 amide bonds. The van der Waals surface area contributed by atoms with E-state index in [1.54, 1.807) is 18.2 Å². The Balaban J connectivity index is 2.10. The molecule has 0 aliphatic heterocycles. The predicted octanol–water partition coefficient (Wildman–Crippen LogP) is 1.96. The Morgan fingerprint density at radius 2 is 1.42 bits per heavy atom. The smallest absolute Gasteiger partial charge is 0.270 e. The number of aromatic amines is 2. The number of H-pyrrole nitrogens is 2. The average Bonchev–Trinajstić information content (AvgIpc) is 2.44. The van der Waals surface area contributed by atoms with Gasteiger partial charge in [-0.15, -0.1) is 0 Å². The van der Waals surface area contributed by atoms with E-state index in [2.05, 4.69) is 15.5 Å². The van der Waals surface area contributed by atoms with Crippen molar-refractivity contribution in [2.24, 2.45) is 0 Å². The molecule has 3 rings (SSSR count). The summed E-state index contributed by atoms with van der Waals surface area (Å²) in [4.78, 5) is 23.2. The Hall–Kier alpha value is -2.82. The van der Waals surface area contributed by atoms with Crippen LogP contribution in [0.15, 0.2) is 58.1 Å². The monoisotopic (exact) mass is 253 g/mol. The van der Waals surface area contributed by atoms with Crippen molar-refractivity contribution < 1.29 is 0 Å². The highest BCUT2D eigenvalue weighted by molar-refractivity contribution is 5.84. The summed E-state index contributed by atoms with van der Waals surface area (Å²) in [5, 5.41) is 8.53. The Kier molecular flexibility index (Phi) is 2.64. The number of aromatic nitrogens is 2. The second kappa shape index (κ2) is 4.45. The van der Waals surface area contributed by atoms with E-state index < -0.39 is 0 Å². The average molecular weight is 253 g/mol. The highest BCUT2D eigenvalue weighted by atomic mass is 16.1. The first-order chi connectivity index (χ1) is 9.24. The molecule has 1 heterocycles. The molecule has 0 aliphatic carbocycles. The number of para-hydroxylation sites is 1. The molecular formula is C14H11N3O2. The minimum atomic E-state index is -0.314. The Morgan fingerprint density at radius 3 is 2.16 bits per heavy atom. The van der Waals surface area contributed by atoms with Crippen molar-refractivity contribution in [2.75, 3.05) is 5.32 Å². The molecule has 2 aromatic carbocycles. The van der Waals surface area contributed by atoms with Gasteiger partial charge in [0.05, 0.1) is 10.8 Å². The van der Waals surface area contributed by atoms with Crippen LogP contribution >= 0.6 is 0 Å². The summed E-state index contributed by atoms with van der Waals surface area (Å²) in [6.07, 6.45) is 0. The summed E-state index contributed by atoms with van der Waals surface area (Å²) >= 11 is 0. The standard InChI is InChI=1S/C14H11N3O2/c18-13-11-7-6-10(8-12(11)14(19)17-16-13)15-9-4-2-1-3-5-9/h1-8,15H,(H,16,18)(H,17,19). The number of rotatable bonds is 2. The summed E-state index contributed by atoms with van der Waals surface area (Å²) in [6.45, 7) is 0. The molecule has 19 heavy (non-hydrogen) atoms. The highest BCUT2D eigenvalue weighted by Gasteiger charge is 2.04. The summed E-state index contributed by atoms with van der Waals surface area (Å²) in [7, 11) is 0. The lowest BCUT2D eigenvalue weighted by atomic mass is 10.1. The lowest BCUT2D eigenvalue weighted by Gasteiger charge is -2.06. The SMILES string of the molecule is O=c1[nH][nH]c(=O)c2cc(Nc3ccccc3)ccc12. The van der Waals surface area contributed by atoms with E-state index in [1.165, 1.54) is 0 Å². The third kappa shape index (κ3) is 2.13. The quantitative estimate of drug-likeness (QED) is 0.653. The van der Waals surface area contributed by atoms with E-state index >= 15 is 0 Å². The van der Waals surface area contributed by atoms with Crippen LogP contribution in [0.1, 0.15) is 0 Å². The molecule has 1 aromatic heterocycles. The van der Waals surface area contributed by atoms with Crippen LogP contribution in [0.25, 0.3) is 10.8 Å². The van der Waals surface area contributed by atoms with Gasteiger partial charge in [-0.05, 0) is 30.3 Å². The fourth-order valence-electron chi connectivity index (χ4n) is 1.94. The molecule has 0 spiro atoms. The van der Waals surface area contributed by atoms with Crippen molar-refractivity contribution in [3.63, 3.8) is 0 Å². The third-order valence-corrected chi connectivity index (χ3v) is 2.86. The maximum atomic E-state index is 11.7. The van der Waals surface area contributed by atoms with Crippen molar-refractivity contribution in [3.05, 3.63) is 69.2 Å². The molecule has 0 unspecified atom stereocenters. The van der Waals surface area contributed by atoms with Crippen LogP contribution in [0.5, 0.6) is 0 Å². The lowest BCUT2D eigenvalue weighted by molar-refractivity contribution is 0.976. The van der Waals surface area contributed by atoms with Crippen LogP contribution in [0, 0.1) is 0 Å². The van der Waals surface area contributed by atoms with Gasteiger partial charge in [0.25, 0.3) is 11.1 Å². The summed E-state index contributed by atoms with van der Waals surface area (Å²) in [6, 6.07) is 14.7. The predicted molar refractivity (Wildman–Crippen MR) is 74.9 cm³/mol. The van der Waals surface area contributed by atoms with Gasteiger partial charge in [-0.25, -0.2) is 0 Å². The molecule has 0 atom stereocenters. The summed E-state index contributed by atoms with van der Waals surface area (Å²) in [5.74, 6) is 0. The first-order valence-corrected chi connectivity index (χ1v) is 5.81. The number of anilines is 2. The zero-order chi connectivity index (χ0) is 13.2. The molecule has 3 N–H and O–H groups in total. The number of benzene rings is 2. The van der Waals surface area contributed by atoms with Crippen molar-refractivity contribution in [2.45, 2.75) is 0 Å². The van der Waals surface area contributed by atoms with Gasteiger partial charge in [-0.2, -0.15) is 0 Å². The lowest BCUT2D eigenvalue weighted by Crippen LogP contribution is -2.18. The first-order valence-electron chi connectivity index (χ1n) is 5.81. The third-order valence-electron chi connectivity index (χ3n) is 2.86. The number of nitrogens with one attached hydrogen (secondary N) is 3. The zero-order valence-electron chi connectivity index (χ0n) is 9.94. The summed E-state index contributed by atoms with van der Waals surface area (Å²) < 4.78 is 0. The maximum absolute atomic E-state index is 11.7. The molecule has 94 valence electrons. The number of fused-ring (bicyclic) bond motifs is 1. The molecule has 0 saturated carbocycles. The van der Waals surface area contributed by atoms with Gasteiger partial charge in [0, 0.05) is 11.4 Å². The molecule has 5 heteroatoms. The fourth-order valence-corrected chi connectivity index (χ4v) is 1.94. The van der Waals surface area contributed by atoms with Gasteiger partial charge in [0.2, 0.25) is 0 Å². The second-order valence-corrected chi connectivity index (χ2v) is 4.16. The van der Waals surface area contributed by atoms with Crippen LogP contribution in [-0.2, 0) is 0 Å². The van der Waals surface area contributed by atoms with E-state index in [0.29, 0.717) is 10.8 Å². The van der Waals surface area contributed by atoms with Crippen LogP contribution < -0.4 is 16.4 Å². The summed E-state index contributed by atoms with van der Waals surface area (Å²) in [5.41, 5.74) is 1.06. The van der Waals surface area contributed by atoms with Crippen LogP contribution in [0.4, 0.5) is 11.4 Å².